The highest BCUT2D eigenvalue weighted by Gasteiger charge is 2.07. The van der Waals surface area contributed by atoms with Gasteiger partial charge in [-0.3, -0.25) is 4.79 Å². The van der Waals surface area contributed by atoms with E-state index in [4.69, 9.17) is 0 Å². The van der Waals surface area contributed by atoms with Crippen LogP contribution in [-0.2, 0) is 6.54 Å². The van der Waals surface area contributed by atoms with Gasteiger partial charge in [-0.2, -0.15) is 0 Å². The summed E-state index contributed by atoms with van der Waals surface area (Å²) in [5.41, 5.74) is 1.95. The molecule has 0 fully saturated rings. The maximum absolute atomic E-state index is 12.1. The summed E-state index contributed by atoms with van der Waals surface area (Å²) in [5, 5.41) is 1.19. The molecule has 3 heteroatoms. The third kappa shape index (κ3) is 2.68. The molecule has 0 amide bonds. The molecule has 0 saturated heterocycles. The summed E-state index contributed by atoms with van der Waals surface area (Å²) in [6.45, 7) is 0.707. The molecule has 0 aliphatic carbocycles. The molecule has 3 aromatic rings. The number of rotatable bonds is 4. The molecular formula is C17H14BrNO. The van der Waals surface area contributed by atoms with Crippen LogP contribution >= 0.6 is 15.9 Å². The number of hydrogen-bond donors (Lipinski definition) is 0. The fraction of sp³-hybridized carbons (Fsp3) is 0.118. The molecule has 2 aromatic carbocycles. The molecule has 1 aromatic heterocycles. The predicted molar refractivity (Wildman–Crippen MR) is 85.0 cm³/mol. The Morgan fingerprint density at radius 1 is 1.05 bits per heavy atom. The van der Waals surface area contributed by atoms with Crippen LogP contribution in [0.2, 0.25) is 0 Å². The number of aryl methyl sites for hydroxylation is 1. The second kappa shape index (κ2) is 5.63. The zero-order valence-corrected chi connectivity index (χ0v) is 12.5. The summed E-state index contributed by atoms with van der Waals surface area (Å²) in [7, 11) is 0. The van der Waals surface area contributed by atoms with Crippen LogP contribution < -0.4 is 0 Å². The van der Waals surface area contributed by atoms with Crippen molar-refractivity contribution in [2.45, 2.75) is 13.0 Å². The van der Waals surface area contributed by atoms with E-state index in [1.807, 2.05) is 42.6 Å². The molecule has 0 bridgehead atoms. The number of carbonyl (C=O) groups is 1. The van der Waals surface area contributed by atoms with Crippen molar-refractivity contribution in [2.75, 3.05) is 0 Å². The number of fused-ring (bicyclic) bond motifs is 1. The number of carbonyl (C=O) groups excluding carboxylic acids is 1. The molecule has 2 nitrogen and oxygen atoms in total. The zero-order chi connectivity index (χ0) is 13.9. The molecule has 20 heavy (non-hydrogen) atoms. The van der Waals surface area contributed by atoms with Crippen molar-refractivity contribution in [1.29, 1.82) is 0 Å². The van der Waals surface area contributed by atoms with Crippen LogP contribution in [0.5, 0.6) is 0 Å². The Labute approximate surface area is 126 Å². The third-order valence-corrected chi connectivity index (χ3v) is 3.90. The monoisotopic (exact) mass is 327 g/mol. The summed E-state index contributed by atoms with van der Waals surface area (Å²) >= 11 is 3.47. The van der Waals surface area contributed by atoms with E-state index in [0.29, 0.717) is 13.0 Å². The molecule has 0 saturated carbocycles. The standard InChI is InChI=1S/C17H14BrNO/c18-15-6-7-16-14(12-15)8-10-19(16)11-9-17(20)13-4-2-1-3-5-13/h1-8,10,12H,9,11H2. The molecule has 0 spiro atoms. The lowest BCUT2D eigenvalue weighted by Crippen LogP contribution is -2.05. The first-order chi connectivity index (χ1) is 9.74. The van der Waals surface area contributed by atoms with Gasteiger partial charge in [-0.25, -0.2) is 0 Å². The van der Waals surface area contributed by atoms with Gasteiger partial charge in [0.15, 0.2) is 5.78 Å². The lowest BCUT2D eigenvalue weighted by Gasteiger charge is -2.05. The van der Waals surface area contributed by atoms with Gasteiger partial charge < -0.3 is 4.57 Å². The summed E-state index contributed by atoms with van der Waals surface area (Å²) in [4.78, 5) is 12.1. The van der Waals surface area contributed by atoms with E-state index in [1.54, 1.807) is 0 Å². The number of nitrogens with zero attached hydrogens (tertiary/aromatic N) is 1. The Bertz CT molecular complexity index is 746. The second-order valence-electron chi connectivity index (χ2n) is 4.75. The van der Waals surface area contributed by atoms with Crippen LogP contribution in [0.25, 0.3) is 10.9 Å². The maximum Gasteiger partial charge on any atom is 0.164 e. The van der Waals surface area contributed by atoms with Gasteiger partial charge >= 0.3 is 0 Å². The lowest BCUT2D eigenvalue weighted by atomic mass is 10.1. The van der Waals surface area contributed by atoms with Crippen LogP contribution in [0, 0.1) is 0 Å². The fourth-order valence-corrected chi connectivity index (χ4v) is 2.74. The first kappa shape index (κ1) is 13.1. The van der Waals surface area contributed by atoms with E-state index in [-0.39, 0.29) is 5.78 Å². The molecule has 0 aliphatic heterocycles. The summed E-state index contributed by atoms with van der Waals surface area (Å²) < 4.78 is 3.20. The van der Waals surface area contributed by atoms with Crippen molar-refractivity contribution in [3.05, 3.63) is 70.8 Å². The SMILES string of the molecule is O=C(CCn1ccc2cc(Br)ccc21)c1ccccc1. The van der Waals surface area contributed by atoms with Gasteiger partial charge in [0, 0.05) is 40.1 Å². The third-order valence-electron chi connectivity index (χ3n) is 3.41. The van der Waals surface area contributed by atoms with Crippen LogP contribution in [-0.4, -0.2) is 10.4 Å². The van der Waals surface area contributed by atoms with E-state index >= 15 is 0 Å². The van der Waals surface area contributed by atoms with Gasteiger partial charge in [0.1, 0.15) is 0 Å². The Kier molecular flexibility index (Phi) is 3.70. The number of Topliss-reactive ketones (excluding diaryl/α,β-unsaturated/α-hetero) is 1. The van der Waals surface area contributed by atoms with Gasteiger partial charge in [-0.1, -0.05) is 46.3 Å². The van der Waals surface area contributed by atoms with Crippen molar-refractivity contribution < 1.29 is 4.79 Å². The number of benzene rings is 2. The largest absolute Gasteiger partial charge is 0.347 e. The Balaban J connectivity index is 1.76. The highest BCUT2D eigenvalue weighted by molar-refractivity contribution is 9.10. The summed E-state index contributed by atoms with van der Waals surface area (Å²) in [5.74, 6) is 0.185. The molecular weight excluding hydrogens is 314 g/mol. The maximum atomic E-state index is 12.1. The highest BCUT2D eigenvalue weighted by Crippen LogP contribution is 2.21. The average Bonchev–Trinajstić information content (AvgIpc) is 2.88. The molecule has 0 aliphatic rings. The minimum absolute atomic E-state index is 0.185. The Morgan fingerprint density at radius 3 is 2.65 bits per heavy atom. The van der Waals surface area contributed by atoms with Gasteiger partial charge in [0.05, 0.1) is 0 Å². The average molecular weight is 328 g/mol. The molecule has 3 rings (SSSR count). The Hall–Kier alpha value is -1.87. The molecule has 0 N–H and O–H groups in total. The van der Waals surface area contributed by atoms with E-state index < -0.39 is 0 Å². The quantitative estimate of drug-likeness (QED) is 0.638. The minimum atomic E-state index is 0.185. The van der Waals surface area contributed by atoms with Crippen LogP contribution in [0.1, 0.15) is 16.8 Å². The minimum Gasteiger partial charge on any atom is -0.347 e. The lowest BCUT2D eigenvalue weighted by molar-refractivity contribution is 0.0977. The number of hydrogen-bond acceptors (Lipinski definition) is 1. The van der Waals surface area contributed by atoms with Crippen molar-refractivity contribution in [3.63, 3.8) is 0 Å². The van der Waals surface area contributed by atoms with Gasteiger partial charge in [-0.15, -0.1) is 0 Å². The molecule has 0 unspecified atom stereocenters. The number of halogens is 1. The van der Waals surface area contributed by atoms with Crippen LogP contribution in [0.15, 0.2) is 65.3 Å². The first-order valence-corrected chi connectivity index (χ1v) is 7.36. The van der Waals surface area contributed by atoms with Gasteiger partial charge in [0.2, 0.25) is 0 Å². The van der Waals surface area contributed by atoms with Crippen LogP contribution in [0.4, 0.5) is 0 Å². The first-order valence-electron chi connectivity index (χ1n) is 6.57. The van der Waals surface area contributed by atoms with E-state index in [9.17, 15) is 4.79 Å². The van der Waals surface area contributed by atoms with Crippen LogP contribution in [0.3, 0.4) is 0 Å². The van der Waals surface area contributed by atoms with E-state index in [0.717, 1.165) is 15.6 Å². The topological polar surface area (TPSA) is 22.0 Å². The molecule has 0 radical (unpaired) electrons. The second-order valence-corrected chi connectivity index (χ2v) is 5.67. The zero-order valence-electron chi connectivity index (χ0n) is 10.9. The van der Waals surface area contributed by atoms with E-state index in [1.165, 1.54) is 5.39 Å². The highest BCUT2D eigenvalue weighted by atomic mass is 79.9. The van der Waals surface area contributed by atoms with Crippen molar-refractivity contribution in [2.24, 2.45) is 0 Å². The molecule has 0 atom stereocenters. The Morgan fingerprint density at radius 2 is 1.85 bits per heavy atom. The molecule has 1 heterocycles. The predicted octanol–water partition coefficient (Wildman–Crippen LogP) is 4.68. The normalized spacial score (nSPS) is 10.8. The van der Waals surface area contributed by atoms with E-state index in [2.05, 4.69) is 38.7 Å². The van der Waals surface area contributed by atoms with Crippen molar-refractivity contribution in [3.8, 4) is 0 Å². The van der Waals surface area contributed by atoms with Crippen molar-refractivity contribution >= 4 is 32.6 Å². The summed E-state index contributed by atoms with van der Waals surface area (Å²) in [6, 6.07) is 17.7. The van der Waals surface area contributed by atoms with Gasteiger partial charge in [-0.05, 0) is 24.3 Å². The summed E-state index contributed by atoms with van der Waals surface area (Å²) in [6.07, 6.45) is 2.55. The smallest absolute Gasteiger partial charge is 0.164 e. The number of ketones is 1. The number of aromatic nitrogens is 1. The molecule has 100 valence electrons. The van der Waals surface area contributed by atoms with Gasteiger partial charge in [0.25, 0.3) is 0 Å². The fourth-order valence-electron chi connectivity index (χ4n) is 2.36. The van der Waals surface area contributed by atoms with Crippen molar-refractivity contribution in [1.82, 2.24) is 4.57 Å².